The molecule has 0 aliphatic carbocycles. The van der Waals surface area contributed by atoms with E-state index in [0.717, 1.165) is 16.8 Å². The van der Waals surface area contributed by atoms with Crippen LogP contribution in [0.5, 0.6) is 5.75 Å². The van der Waals surface area contributed by atoms with Crippen LogP contribution in [0.2, 0.25) is 0 Å². The molecule has 0 amide bonds. The van der Waals surface area contributed by atoms with Crippen molar-refractivity contribution < 1.29 is 9.13 Å². The molecule has 0 saturated carbocycles. The van der Waals surface area contributed by atoms with Crippen molar-refractivity contribution in [1.29, 1.82) is 0 Å². The van der Waals surface area contributed by atoms with Gasteiger partial charge in [-0.2, -0.15) is 0 Å². The van der Waals surface area contributed by atoms with Crippen molar-refractivity contribution in [3.63, 3.8) is 0 Å². The topological polar surface area (TPSA) is 47.3 Å². The molecule has 20 heavy (non-hydrogen) atoms. The normalized spacial score (nSPS) is 10.2. The third kappa shape index (κ3) is 3.05. The molecule has 0 bridgehead atoms. The molecule has 0 aliphatic rings. The minimum Gasteiger partial charge on any atom is -0.494 e. The molecule has 104 valence electrons. The first-order valence-electron chi connectivity index (χ1n) is 6.02. The van der Waals surface area contributed by atoms with Gasteiger partial charge in [-0.05, 0) is 36.8 Å². The summed E-state index contributed by atoms with van der Waals surface area (Å²) in [5, 5.41) is 3.18. The second-order valence-electron chi connectivity index (χ2n) is 4.38. The fourth-order valence-corrected chi connectivity index (χ4v) is 2.07. The van der Waals surface area contributed by atoms with Crippen molar-refractivity contribution >= 4 is 28.6 Å². The fraction of sp³-hybridized carbons (Fsp3) is 0.133. The first-order valence-corrected chi connectivity index (χ1v) is 6.43. The number of aryl methyl sites for hydroxylation is 1. The van der Waals surface area contributed by atoms with Crippen molar-refractivity contribution in [3.05, 3.63) is 53.3 Å². The van der Waals surface area contributed by atoms with E-state index in [1.54, 1.807) is 6.07 Å². The SMILES string of the molecule is COc1cc(F)ccc1Nc1cc(C)ccc1C(N)=S. The van der Waals surface area contributed by atoms with Crippen LogP contribution in [0.1, 0.15) is 11.1 Å². The molecule has 0 saturated heterocycles. The second kappa shape index (κ2) is 5.88. The van der Waals surface area contributed by atoms with E-state index in [9.17, 15) is 4.39 Å². The summed E-state index contributed by atoms with van der Waals surface area (Å²) in [6.45, 7) is 1.97. The Morgan fingerprint density at radius 3 is 2.60 bits per heavy atom. The third-order valence-corrected chi connectivity index (χ3v) is 3.09. The van der Waals surface area contributed by atoms with Gasteiger partial charge in [0.2, 0.25) is 0 Å². The highest BCUT2D eigenvalue weighted by Crippen LogP contribution is 2.30. The number of methoxy groups -OCH3 is 1. The average molecular weight is 290 g/mol. The zero-order chi connectivity index (χ0) is 14.7. The number of nitrogens with one attached hydrogen (secondary N) is 1. The summed E-state index contributed by atoms with van der Waals surface area (Å²) < 4.78 is 18.4. The van der Waals surface area contributed by atoms with Gasteiger partial charge in [-0.3, -0.25) is 0 Å². The molecule has 2 rings (SSSR count). The molecule has 0 spiro atoms. The number of rotatable bonds is 4. The summed E-state index contributed by atoms with van der Waals surface area (Å²) in [6, 6.07) is 10.0. The number of anilines is 2. The first-order chi connectivity index (χ1) is 9.51. The van der Waals surface area contributed by atoms with E-state index in [1.165, 1.54) is 19.2 Å². The highest BCUT2D eigenvalue weighted by Gasteiger charge is 2.09. The molecule has 5 heteroatoms. The number of hydrogen-bond acceptors (Lipinski definition) is 3. The maximum atomic E-state index is 13.2. The summed E-state index contributed by atoms with van der Waals surface area (Å²) >= 11 is 5.04. The van der Waals surface area contributed by atoms with Gasteiger partial charge in [0.05, 0.1) is 12.8 Å². The van der Waals surface area contributed by atoms with Gasteiger partial charge in [-0.25, -0.2) is 4.39 Å². The van der Waals surface area contributed by atoms with Crippen molar-refractivity contribution in [3.8, 4) is 5.75 Å². The quantitative estimate of drug-likeness (QED) is 0.846. The molecule has 3 nitrogen and oxygen atoms in total. The number of nitrogens with two attached hydrogens (primary N) is 1. The zero-order valence-electron chi connectivity index (χ0n) is 11.2. The van der Waals surface area contributed by atoms with E-state index in [-0.39, 0.29) is 5.82 Å². The van der Waals surface area contributed by atoms with Gasteiger partial charge < -0.3 is 15.8 Å². The highest BCUT2D eigenvalue weighted by molar-refractivity contribution is 7.80. The molecule has 2 aromatic carbocycles. The summed E-state index contributed by atoms with van der Waals surface area (Å²) in [7, 11) is 1.49. The van der Waals surface area contributed by atoms with Gasteiger partial charge in [0.1, 0.15) is 16.6 Å². The minimum absolute atomic E-state index is 0.300. The van der Waals surface area contributed by atoms with Crippen LogP contribution >= 0.6 is 12.2 Å². The molecule has 0 atom stereocenters. The van der Waals surface area contributed by atoms with Crippen LogP contribution in [0.15, 0.2) is 36.4 Å². The van der Waals surface area contributed by atoms with E-state index in [2.05, 4.69) is 5.32 Å². The number of hydrogen-bond donors (Lipinski definition) is 2. The van der Waals surface area contributed by atoms with E-state index >= 15 is 0 Å². The van der Waals surface area contributed by atoms with E-state index in [0.29, 0.717) is 16.4 Å². The molecule has 0 heterocycles. The Bertz CT molecular complexity index is 658. The van der Waals surface area contributed by atoms with Crippen LogP contribution in [0.25, 0.3) is 0 Å². The Labute approximate surface area is 122 Å². The standard InChI is InChI=1S/C15H15FN2OS/c1-9-3-5-11(15(17)20)13(7-9)18-12-6-4-10(16)8-14(12)19-2/h3-8,18H,1-2H3,(H2,17,20). The predicted octanol–water partition coefficient (Wildman–Crippen LogP) is 3.52. The summed E-state index contributed by atoms with van der Waals surface area (Å²) in [4.78, 5) is 0.300. The van der Waals surface area contributed by atoms with Crippen molar-refractivity contribution in [2.45, 2.75) is 6.92 Å². The molecule has 0 aliphatic heterocycles. The summed E-state index contributed by atoms with van der Waals surface area (Å²) in [5.74, 6) is 0.0617. The summed E-state index contributed by atoms with van der Waals surface area (Å²) in [6.07, 6.45) is 0. The smallest absolute Gasteiger partial charge is 0.145 e. The lowest BCUT2D eigenvalue weighted by Gasteiger charge is -2.15. The molecular weight excluding hydrogens is 275 g/mol. The molecule has 0 aromatic heterocycles. The van der Waals surface area contributed by atoms with E-state index in [1.807, 2.05) is 25.1 Å². The molecular formula is C15H15FN2OS. The van der Waals surface area contributed by atoms with E-state index < -0.39 is 0 Å². The summed E-state index contributed by atoms with van der Waals surface area (Å²) in [5.41, 5.74) is 8.93. The Morgan fingerprint density at radius 2 is 1.95 bits per heavy atom. The van der Waals surface area contributed by atoms with Crippen molar-refractivity contribution in [2.24, 2.45) is 5.73 Å². The Hall–Kier alpha value is -2.14. The maximum absolute atomic E-state index is 13.2. The Morgan fingerprint density at radius 1 is 1.20 bits per heavy atom. The number of halogens is 1. The Kier molecular flexibility index (Phi) is 4.20. The van der Waals surface area contributed by atoms with Gasteiger partial charge in [-0.15, -0.1) is 0 Å². The van der Waals surface area contributed by atoms with Gasteiger partial charge in [0, 0.05) is 17.3 Å². The van der Waals surface area contributed by atoms with E-state index in [4.69, 9.17) is 22.7 Å². The van der Waals surface area contributed by atoms with Gasteiger partial charge in [0.25, 0.3) is 0 Å². The zero-order valence-corrected chi connectivity index (χ0v) is 12.1. The number of ether oxygens (including phenoxy) is 1. The monoisotopic (exact) mass is 290 g/mol. The van der Waals surface area contributed by atoms with Gasteiger partial charge in [0.15, 0.2) is 0 Å². The van der Waals surface area contributed by atoms with Crippen LogP contribution < -0.4 is 15.8 Å². The lowest BCUT2D eigenvalue weighted by atomic mass is 10.1. The van der Waals surface area contributed by atoms with Crippen LogP contribution in [0, 0.1) is 12.7 Å². The largest absolute Gasteiger partial charge is 0.494 e. The van der Waals surface area contributed by atoms with Crippen molar-refractivity contribution in [1.82, 2.24) is 0 Å². The fourth-order valence-electron chi connectivity index (χ4n) is 1.89. The first kappa shape index (κ1) is 14.3. The van der Waals surface area contributed by atoms with Crippen molar-refractivity contribution in [2.75, 3.05) is 12.4 Å². The maximum Gasteiger partial charge on any atom is 0.145 e. The lowest BCUT2D eigenvalue weighted by molar-refractivity contribution is 0.413. The molecule has 0 fully saturated rings. The molecule has 0 unspecified atom stereocenters. The van der Waals surface area contributed by atoms with Crippen LogP contribution in [-0.4, -0.2) is 12.1 Å². The predicted molar refractivity (Wildman–Crippen MR) is 83.3 cm³/mol. The highest BCUT2D eigenvalue weighted by atomic mass is 32.1. The number of thiocarbonyl (C=S) groups is 1. The van der Waals surface area contributed by atoms with Crippen LogP contribution in [-0.2, 0) is 0 Å². The molecule has 0 radical (unpaired) electrons. The number of benzene rings is 2. The third-order valence-electron chi connectivity index (χ3n) is 2.87. The van der Waals surface area contributed by atoms with Crippen LogP contribution in [0.3, 0.4) is 0 Å². The second-order valence-corrected chi connectivity index (χ2v) is 4.82. The average Bonchev–Trinajstić information content (AvgIpc) is 2.40. The minimum atomic E-state index is -0.355. The van der Waals surface area contributed by atoms with Gasteiger partial charge in [-0.1, -0.05) is 18.3 Å². The van der Waals surface area contributed by atoms with Gasteiger partial charge >= 0.3 is 0 Å². The Balaban J connectivity index is 2.44. The molecule has 3 N–H and O–H groups in total. The lowest BCUT2D eigenvalue weighted by Crippen LogP contribution is -2.12. The van der Waals surface area contributed by atoms with Crippen LogP contribution in [0.4, 0.5) is 15.8 Å². The molecule has 2 aromatic rings.